The first-order chi connectivity index (χ1) is 9.95. The van der Waals surface area contributed by atoms with E-state index in [-0.39, 0.29) is 0 Å². The van der Waals surface area contributed by atoms with E-state index in [4.69, 9.17) is 11.6 Å². The maximum atomic E-state index is 12.4. The summed E-state index contributed by atoms with van der Waals surface area (Å²) in [5, 5.41) is 3.22. The molecule has 1 fully saturated rings. The molecule has 1 unspecified atom stereocenters. The molecular formula is C14H22ClN3O2S. The van der Waals surface area contributed by atoms with Gasteiger partial charge in [0.15, 0.2) is 0 Å². The molecule has 0 aliphatic carbocycles. The quantitative estimate of drug-likeness (QED) is 0.886. The minimum atomic E-state index is -3.22. The first-order valence-corrected chi connectivity index (χ1v) is 8.97. The van der Waals surface area contributed by atoms with Crippen molar-refractivity contribution in [1.29, 1.82) is 0 Å². The summed E-state index contributed by atoms with van der Waals surface area (Å²) in [5.41, 5.74) is 1.04. The van der Waals surface area contributed by atoms with Crippen molar-refractivity contribution in [2.24, 2.45) is 0 Å². The number of hydrogen-bond acceptors (Lipinski definition) is 4. The van der Waals surface area contributed by atoms with Gasteiger partial charge < -0.3 is 10.2 Å². The Morgan fingerprint density at radius 1 is 1.29 bits per heavy atom. The van der Waals surface area contributed by atoms with Crippen LogP contribution >= 0.6 is 11.6 Å². The van der Waals surface area contributed by atoms with E-state index in [1.54, 1.807) is 18.3 Å². The van der Waals surface area contributed by atoms with Gasteiger partial charge in [0.25, 0.3) is 0 Å². The first-order valence-electron chi connectivity index (χ1n) is 7.09. The van der Waals surface area contributed by atoms with Gasteiger partial charge in [0, 0.05) is 43.4 Å². The van der Waals surface area contributed by atoms with Gasteiger partial charge in [-0.2, -0.15) is 4.31 Å². The molecule has 1 saturated heterocycles. The average molecular weight is 332 g/mol. The molecule has 0 radical (unpaired) electrons. The first kappa shape index (κ1) is 16.5. The zero-order valence-corrected chi connectivity index (χ0v) is 14.0. The van der Waals surface area contributed by atoms with Crippen LogP contribution in [0.3, 0.4) is 0 Å². The van der Waals surface area contributed by atoms with Crippen LogP contribution in [0.4, 0.5) is 5.69 Å². The van der Waals surface area contributed by atoms with Crippen LogP contribution in [-0.4, -0.2) is 57.7 Å². The predicted octanol–water partition coefficient (Wildman–Crippen LogP) is 1.40. The molecule has 118 valence electrons. The summed E-state index contributed by atoms with van der Waals surface area (Å²) < 4.78 is 26.4. The van der Waals surface area contributed by atoms with Crippen LogP contribution in [0.25, 0.3) is 0 Å². The van der Waals surface area contributed by atoms with Gasteiger partial charge in [-0.3, -0.25) is 0 Å². The van der Waals surface area contributed by atoms with Gasteiger partial charge in [-0.05, 0) is 32.2 Å². The normalized spacial score (nSPS) is 18.7. The number of sulfonamides is 1. The van der Waals surface area contributed by atoms with Gasteiger partial charge in [0.2, 0.25) is 10.0 Å². The Kier molecular flexibility index (Phi) is 5.48. The molecule has 0 saturated carbocycles. The number of halogens is 1. The fourth-order valence-corrected chi connectivity index (χ4v) is 4.26. The van der Waals surface area contributed by atoms with Crippen LogP contribution in [0.1, 0.15) is 6.92 Å². The van der Waals surface area contributed by atoms with Gasteiger partial charge in [-0.1, -0.05) is 17.7 Å². The van der Waals surface area contributed by atoms with Crippen molar-refractivity contribution in [2.75, 3.05) is 44.7 Å². The second-order valence-electron chi connectivity index (χ2n) is 5.28. The minimum absolute atomic E-state index is 0.403. The Labute approximate surface area is 131 Å². The number of hydrogen-bond donors (Lipinski definition) is 1. The Balaban J connectivity index is 2.00. The highest BCUT2D eigenvalue weighted by Gasteiger charge is 2.31. The van der Waals surface area contributed by atoms with Crippen molar-refractivity contribution in [2.45, 2.75) is 12.2 Å². The summed E-state index contributed by atoms with van der Waals surface area (Å²) in [6, 6.07) is 7.66. The van der Waals surface area contributed by atoms with E-state index in [2.05, 4.69) is 10.2 Å². The van der Waals surface area contributed by atoms with E-state index in [1.165, 1.54) is 0 Å². The second-order valence-corrected chi connectivity index (χ2v) is 8.07. The third-order valence-corrected chi connectivity index (χ3v) is 6.28. The van der Waals surface area contributed by atoms with Crippen LogP contribution < -0.4 is 10.2 Å². The fourth-order valence-electron chi connectivity index (χ4n) is 2.52. The highest BCUT2D eigenvalue weighted by molar-refractivity contribution is 7.89. The van der Waals surface area contributed by atoms with Gasteiger partial charge >= 0.3 is 0 Å². The molecule has 21 heavy (non-hydrogen) atoms. The maximum absolute atomic E-state index is 12.4. The summed E-state index contributed by atoms with van der Waals surface area (Å²) >= 11 is 6.00. The molecule has 7 heteroatoms. The van der Waals surface area contributed by atoms with Crippen molar-refractivity contribution in [3.63, 3.8) is 0 Å². The molecule has 0 amide bonds. The van der Waals surface area contributed by atoms with Crippen molar-refractivity contribution in [3.05, 3.63) is 29.3 Å². The molecule has 1 aromatic carbocycles. The lowest BCUT2D eigenvalue weighted by Crippen LogP contribution is -2.51. The molecule has 0 spiro atoms. The van der Waals surface area contributed by atoms with Gasteiger partial charge in [0.1, 0.15) is 0 Å². The molecular weight excluding hydrogens is 310 g/mol. The average Bonchev–Trinajstić information content (AvgIpc) is 2.47. The van der Waals surface area contributed by atoms with Gasteiger partial charge in [0.05, 0.1) is 5.25 Å². The number of nitrogens with one attached hydrogen (secondary N) is 1. The molecule has 1 atom stereocenters. The third kappa shape index (κ3) is 3.88. The molecule has 1 N–H and O–H groups in total. The summed E-state index contributed by atoms with van der Waals surface area (Å²) in [5.74, 6) is 0. The summed E-state index contributed by atoms with van der Waals surface area (Å²) in [7, 11) is -1.45. The Bertz CT molecular complexity index is 571. The minimum Gasteiger partial charge on any atom is -0.369 e. The maximum Gasteiger partial charge on any atom is 0.218 e. The van der Waals surface area contributed by atoms with Gasteiger partial charge in [-0.15, -0.1) is 0 Å². The van der Waals surface area contributed by atoms with Crippen molar-refractivity contribution in [1.82, 2.24) is 9.62 Å². The second kappa shape index (κ2) is 6.96. The van der Waals surface area contributed by atoms with Crippen LogP contribution in [0.15, 0.2) is 24.3 Å². The predicted molar refractivity (Wildman–Crippen MR) is 87.5 cm³/mol. The molecule has 5 nitrogen and oxygen atoms in total. The largest absolute Gasteiger partial charge is 0.369 e. The van der Waals surface area contributed by atoms with Crippen LogP contribution in [0.2, 0.25) is 5.02 Å². The number of rotatable bonds is 5. The zero-order valence-electron chi connectivity index (χ0n) is 12.4. The number of benzene rings is 1. The number of piperazine rings is 1. The van der Waals surface area contributed by atoms with E-state index < -0.39 is 15.3 Å². The van der Waals surface area contributed by atoms with E-state index in [1.807, 2.05) is 24.3 Å². The van der Waals surface area contributed by atoms with E-state index in [0.717, 1.165) is 5.69 Å². The van der Waals surface area contributed by atoms with Crippen LogP contribution in [-0.2, 0) is 10.0 Å². The topological polar surface area (TPSA) is 52.7 Å². The molecule has 1 heterocycles. The van der Waals surface area contributed by atoms with E-state index in [9.17, 15) is 8.42 Å². The van der Waals surface area contributed by atoms with E-state index in [0.29, 0.717) is 37.7 Å². The Morgan fingerprint density at radius 3 is 2.52 bits per heavy atom. The summed E-state index contributed by atoms with van der Waals surface area (Å²) in [6.07, 6.45) is 0. The zero-order chi connectivity index (χ0) is 15.5. The van der Waals surface area contributed by atoms with Crippen molar-refractivity contribution < 1.29 is 8.42 Å². The monoisotopic (exact) mass is 331 g/mol. The lowest BCUT2D eigenvalue weighted by Gasteiger charge is -2.36. The summed E-state index contributed by atoms with van der Waals surface area (Å²) in [4.78, 5) is 2.17. The number of nitrogens with zero attached hydrogens (tertiary/aromatic N) is 2. The molecule has 0 bridgehead atoms. The molecule has 1 aliphatic heterocycles. The highest BCUT2D eigenvalue weighted by Crippen LogP contribution is 2.22. The summed E-state index contributed by atoms with van der Waals surface area (Å²) in [6.45, 7) is 4.62. The smallest absolute Gasteiger partial charge is 0.218 e. The third-order valence-electron chi connectivity index (χ3n) is 3.77. The van der Waals surface area contributed by atoms with Crippen molar-refractivity contribution >= 4 is 27.3 Å². The van der Waals surface area contributed by atoms with Gasteiger partial charge in [-0.25, -0.2) is 8.42 Å². The Morgan fingerprint density at radius 2 is 1.95 bits per heavy atom. The van der Waals surface area contributed by atoms with Crippen LogP contribution in [0.5, 0.6) is 0 Å². The van der Waals surface area contributed by atoms with E-state index >= 15 is 0 Å². The van der Waals surface area contributed by atoms with Crippen molar-refractivity contribution in [3.8, 4) is 0 Å². The Hall–Kier alpha value is -0.820. The fraction of sp³-hybridized carbons (Fsp3) is 0.571. The SMILES string of the molecule is CNCC(C)S(=O)(=O)N1CCN(c2cccc(Cl)c2)CC1. The molecule has 1 aliphatic rings. The standard InChI is InChI=1S/C14H22ClN3O2S/c1-12(11-16-2)21(19,20)18-8-6-17(7-9-18)14-5-3-4-13(15)10-14/h3-5,10,12,16H,6-9,11H2,1-2H3. The number of anilines is 1. The molecule has 2 rings (SSSR count). The molecule has 1 aromatic rings. The highest BCUT2D eigenvalue weighted by atomic mass is 35.5. The lowest BCUT2D eigenvalue weighted by atomic mass is 10.2. The molecule has 0 aromatic heterocycles. The van der Waals surface area contributed by atoms with Crippen LogP contribution in [0, 0.1) is 0 Å². The lowest BCUT2D eigenvalue weighted by molar-refractivity contribution is 0.379.